The molecule has 0 aliphatic rings. The molecule has 1 atom stereocenters. The normalized spacial score (nSPS) is 11.7. The maximum Gasteiger partial charge on any atom is 0.261 e. The third-order valence-corrected chi connectivity index (χ3v) is 5.35. The fraction of sp³-hybridized carbons (Fsp3) is 0.417. The molecule has 5 nitrogen and oxygen atoms in total. The monoisotopic (exact) mass is 396 g/mol. The van der Waals surface area contributed by atoms with E-state index in [9.17, 15) is 9.59 Å². The van der Waals surface area contributed by atoms with Crippen molar-refractivity contribution in [2.24, 2.45) is 0 Å². The maximum atomic E-state index is 13.2. The van der Waals surface area contributed by atoms with Gasteiger partial charge in [0.05, 0.1) is 0 Å². The number of nitrogens with one attached hydrogen (secondary N) is 1. The predicted molar refractivity (Wildman–Crippen MR) is 116 cm³/mol. The minimum atomic E-state index is -0.545. The van der Waals surface area contributed by atoms with E-state index in [1.165, 1.54) is 0 Å². The lowest BCUT2D eigenvalue weighted by Gasteiger charge is -2.30. The first-order chi connectivity index (χ1) is 13.8. The maximum absolute atomic E-state index is 13.2. The van der Waals surface area contributed by atoms with Crippen LogP contribution in [0.2, 0.25) is 0 Å². The summed E-state index contributed by atoms with van der Waals surface area (Å²) >= 11 is 0. The van der Waals surface area contributed by atoms with Gasteiger partial charge in [0.1, 0.15) is 11.8 Å². The molecule has 0 aromatic heterocycles. The van der Waals surface area contributed by atoms with Gasteiger partial charge in [0.2, 0.25) is 5.91 Å². The van der Waals surface area contributed by atoms with Crippen molar-refractivity contribution < 1.29 is 14.3 Å². The molecule has 2 amide bonds. The predicted octanol–water partition coefficient (Wildman–Crippen LogP) is 3.85. The summed E-state index contributed by atoms with van der Waals surface area (Å²) in [7, 11) is 1.59. The van der Waals surface area contributed by atoms with Crippen LogP contribution in [0.4, 0.5) is 0 Å². The summed E-state index contributed by atoms with van der Waals surface area (Å²) in [6.45, 7) is 10.2. The summed E-state index contributed by atoms with van der Waals surface area (Å²) in [5.74, 6) is 0.332. The number of aryl methyl sites for hydroxylation is 3. The molecule has 0 bridgehead atoms. The van der Waals surface area contributed by atoms with Crippen molar-refractivity contribution in [1.29, 1.82) is 0 Å². The zero-order valence-electron chi connectivity index (χ0n) is 18.3. The number of ether oxygens (including phenoxy) is 1. The van der Waals surface area contributed by atoms with Crippen molar-refractivity contribution in [1.82, 2.24) is 10.2 Å². The second kappa shape index (κ2) is 10.1. The first kappa shape index (κ1) is 22.5. The average Bonchev–Trinajstić information content (AvgIpc) is 2.70. The number of hydrogen-bond donors (Lipinski definition) is 1. The molecular formula is C24H32N2O3. The largest absolute Gasteiger partial charge is 0.483 e. The van der Waals surface area contributed by atoms with Crippen LogP contribution in [0.25, 0.3) is 0 Å². The van der Waals surface area contributed by atoms with Gasteiger partial charge in [-0.15, -0.1) is 0 Å². The van der Waals surface area contributed by atoms with Gasteiger partial charge in [-0.25, -0.2) is 0 Å². The Kier molecular flexibility index (Phi) is 7.82. The Hall–Kier alpha value is -2.82. The molecule has 0 aliphatic heterocycles. The van der Waals surface area contributed by atoms with E-state index in [4.69, 9.17) is 4.74 Å². The van der Waals surface area contributed by atoms with E-state index in [1.54, 1.807) is 11.9 Å². The zero-order chi connectivity index (χ0) is 21.6. The van der Waals surface area contributed by atoms with Crippen LogP contribution in [0.3, 0.4) is 0 Å². The Morgan fingerprint density at radius 1 is 1.07 bits per heavy atom. The van der Waals surface area contributed by atoms with Crippen LogP contribution in [0.1, 0.15) is 41.2 Å². The highest BCUT2D eigenvalue weighted by Crippen LogP contribution is 2.24. The lowest BCUT2D eigenvalue weighted by Crippen LogP contribution is -2.49. The molecular weight excluding hydrogens is 364 g/mol. The van der Waals surface area contributed by atoms with Crippen molar-refractivity contribution in [2.75, 3.05) is 13.7 Å². The van der Waals surface area contributed by atoms with E-state index in [-0.39, 0.29) is 18.4 Å². The number of carbonyl (C=O) groups is 2. The van der Waals surface area contributed by atoms with Crippen LogP contribution in [0, 0.1) is 27.7 Å². The Morgan fingerprint density at radius 3 is 2.38 bits per heavy atom. The van der Waals surface area contributed by atoms with E-state index in [0.717, 1.165) is 27.8 Å². The zero-order valence-corrected chi connectivity index (χ0v) is 18.3. The minimum Gasteiger partial charge on any atom is -0.483 e. The standard InChI is InChI=1S/C24H32N2O3/c1-7-21(24(28)25-6)26(14-20-11-9-8-10-17(20)3)23(27)15-29-22-13-16(2)12-18(4)19(22)5/h8-13,21H,7,14-15H2,1-6H3,(H,25,28). The van der Waals surface area contributed by atoms with E-state index < -0.39 is 6.04 Å². The van der Waals surface area contributed by atoms with Crippen LogP contribution in [0.5, 0.6) is 5.75 Å². The number of amides is 2. The van der Waals surface area contributed by atoms with E-state index >= 15 is 0 Å². The summed E-state index contributed by atoms with van der Waals surface area (Å²) in [6.07, 6.45) is 0.528. The van der Waals surface area contributed by atoms with E-state index in [2.05, 4.69) is 11.4 Å². The molecule has 0 saturated carbocycles. The van der Waals surface area contributed by atoms with Gasteiger partial charge in [-0.05, 0) is 68.0 Å². The number of likely N-dealkylation sites (N-methyl/N-ethyl adjacent to an activating group) is 1. The fourth-order valence-corrected chi connectivity index (χ4v) is 3.43. The SMILES string of the molecule is CCC(C(=O)NC)N(Cc1ccccc1C)C(=O)COc1cc(C)cc(C)c1C. The number of nitrogens with zero attached hydrogens (tertiary/aromatic N) is 1. The number of carbonyl (C=O) groups excluding carboxylic acids is 2. The molecule has 156 valence electrons. The lowest BCUT2D eigenvalue weighted by molar-refractivity contribution is -0.142. The molecule has 2 aromatic rings. The fourth-order valence-electron chi connectivity index (χ4n) is 3.43. The lowest BCUT2D eigenvalue weighted by atomic mass is 10.1. The smallest absolute Gasteiger partial charge is 0.261 e. The Bertz CT molecular complexity index is 876. The van der Waals surface area contributed by atoms with Gasteiger partial charge in [-0.2, -0.15) is 0 Å². The van der Waals surface area contributed by atoms with Crippen molar-refractivity contribution >= 4 is 11.8 Å². The third kappa shape index (κ3) is 5.59. The third-order valence-electron chi connectivity index (χ3n) is 5.35. The number of hydrogen-bond acceptors (Lipinski definition) is 3. The Morgan fingerprint density at radius 2 is 1.76 bits per heavy atom. The second-order valence-electron chi connectivity index (χ2n) is 7.48. The highest BCUT2D eigenvalue weighted by atomic mass is 16.5. The number of benzene rings is 2. The molecule has 0 saturated heterocycles. The quantitative estimate of drug-likeness (QED) is 0.737. The highest BCUT2D eigenvalue weighted by molar-refractivity contribution is 5.88. The molecule has 0 aliphatic carbocycles. The summed E-state index contributed by atoms with van der Waals surface area (Å²) in [4.78, 5) is 27.2. The minimum absolute atomic E-state index is 0.108. The molecule has 5 heteroatoms. The van der Waals surface area contributed by atoms with E-state index in [0.29, 0.717) is 18.7 Å². The van der Waals surface area contributed by atoms with Gasteiger partial charge in [0.25, 0.3) is 5.91 Å². The molecule has 2 rings (SSSR count). The summed E-state index contributed by atoms with van der Waals surface area (Å²) in [5.41, 5.74) is 5.34. The average molecular weight is 397 g/mol. The van der Waals surface area contributed by atoms with Gasteiger partial charge in [0.15, 0.2) is 6.61 Å². The van der Waals surface area contributed by atoms with Crippen molar-refractivity contribution in [2.45, 2.75) is 53.6 Å². The molecule has 29 heavy (non-hydrogen) atoms. The van der Waals surface area contributed by atoms with Crippen LogP contribution >= 0.6 is 0 Å². The van der Waals surface area contributed by atoms with Gasteiger partial charge < -0.3 is 15.0 Å². The topological polar surface area (TPSA) is 58.6 Å². The molecule has 0 fully saturated rings. The number of rotatable bonds is 8. The molecule has 0 radical (unpaired) electrons. The summed E-state index contributed by atoms with van der Waals surface area (Å²) in [5, 5.41) is 2.68. The first-order valence-electron chi connectivity index (χ1n) is 10.0. The van der Waals surface area contributed by atoms with Gasteiger partial charge in [-0.1, -0.05) is 37.3 Å². The molecule has 0 spiro atoms. The van der Waals surface area contributed by atoms with Crippen LogP contribution in [0.15, 0.2) is 36.4 Å². The van der Waals surface area contributed by atoms with Crippen molar-refractivity contribution in [3.05, 3.63) is 64.2 Å². The molecule has 1 N–H and O–H groups in total. The van der Waals surface area contributed by atoms with Gasteiger partial charge >= 0.3 is 0 Å². The van der Waals surface area contributed by atoms with Gasteiger partial charge in [0, 0.05) is 13.6 Å². The van der Waals surface area contributed by atoms with Crippen LogP contribution in [-0.2, 0) is 16.1 Å². The van der Waals surface area contributed by atoms with Gasteiger partial charge in [-0.3, -0.25) is 9.59 Å². The molecule has 1 unspecified atom stereocenters. The Labute approximate surface area is 174 Å². The van der Waals surface area contributed by atoms with E-state index in [1.807, 2.05) is 65.0 Å². The highest BCUT2D eigenvalue weighted by Gasteiger charge is 2.28. The second-order valence-corrected chi connectivity index (χ2v) is 7.48. The Balaban J connectivity index is 2.26. The van der Waals surface area contributed by atoms with Crippen LogP contribution < -0.4 is 10.1 Å². The van der Waals surface area contributed by atoms with Crippen molar-refractivity contribution in [3.8, 4) is 5.75 Å². The summed E-state index contributed by atoms with van der Waals surface area (Å²) < 4.78 is 5.89. The molecule has 0 heterocycles. The van der Waals surface area contributed by atoms with Crippen LogP contribution in [-0.4, -0.2) is 36.4 Å². The first-order valence-corrected chi connectivity index (χ1v) is 10.0. The molecule has 2 aromatic carbocycles. The van der Waals surface area contributed by atoms with Crippen molar-refractivity contribution in [3.63, 3.8) is 0 Å². The summed E-state index contributed by atoms with van der Waals surface area (Å²) in [6, 6.07) is 11.4.